The molecule has 2 aromatic carbocycles. The molecule has 0 radical (unpaired) electrons. The van der Waals surface area contributed by atoms with Crippen LogP contribution in [0.2, 0.25) is 0 Å². The van der Waals surface area contributed by atoms with Crippen molar-refractivity contribution in [1.82, 2.24) is 0 Å². The molecular weight excluding hydrogens is 217 g/mol. The largest absolute Gasteiger partial charge is 0.490 e. The average molecular weight is 227 g/mol. The summed E-state index contributed by atoms with van der Waals surface area (Å²) in [6, 6.07) is 12.7. The number of fused-ring (bicyclic) bond motifs is 2. The third-order valence-corrected chi connectivity index (χ3v) is 2.70. The van der Waals surface area contributed by atoms with Gasteiger partial charge in [-0.25, -0.2) is 0 Å². The first-order chi connectivity index (χ1) is 8.25. The van der Waals surface area contributed by atoms with E-state index in [-0.39, 0.29) is 0 Å². The van der Waals surface area contributed by atoms with E-state index < -0.39 is 7.12 Å². The molecule has 5 heteroatoms. The third kappa shape index (κ3) is 1.65. The predicted octanol–water partition coefficient (Wildman–Crippen LogP) is 1.22. The number of para-hydroxylation sites is 3. The molecule has 0 amide bonds. The standard InChI is InChI=1S/C12H10BNO3/c15-13(16)8-4-3-7-11-12(8)14-9-5-1-2-6-10(9)17-11/h1-7,14-16H. The van der Waals surface area contributed by atoms with Crippen LogP contribution in [0.15, 0.2) is 42.5 Å². The maximum Gasteiger partial charge on any atom is 0.490 e. The quantitative estimate of drug-likeness (QED) is 0.547. The topological polar surface area (TPSA) is 61.7 Å². The van der Waals surface area contributed by atoms with Crippen LogP contribution in [0.25, 0.3) is 0 Å². The van der Waals surface area contributed by atoms with E-state index in [2.05, 4.69) is 5.32 Å². The molecule has 2 aromatic rings. The molecule has 0 aliphatic carbocycles. The van der Waals surface area contributed by atoms with Crippen LogP contribution in [0.5, 0.6) is 11.5 Å². The Morgan fingerprint density at radius 2 is 1.71 bits per heavy atom. The summed E-state index contributed by atoms with van der Waals surface area (Å²) in [6.07, 6.45) is 0. The molecule has 1 aliphatic rings. The zero-order valence-electron chi connectivity index (χ0n) is 8.92. The zero-order chi connectivity index (χ0) is 11.8. The van der Waals surface area contributed by atoms with Gasteiger partial charge in [-0.3, -0.25) is 0 Å². The Balaban J connectivity index is 2.12. The van der Waals surface area contributed by atoms with Crippen LogP contribution < -0.4 is 15.5 Å². The molecular formula is C12H10BNO3. The van der Waals surface area contributed by atoms with Crippen LogP contribution in [0.1, 0.15) is 0 Å². The van der Waals surface area contributed by atoms with Crippen molar-refractivity contribution in [3.8, 4) is 11.5 Å². The fourth-order valence-corrected chi connectivity index (χ4v) is 1.89. The molecule has 0 spiro atoms. The van der Waals surface area contributed by atoms with Gasteiger partial charge in [-0.2, -0.15) is 0 Å². The van der Waals surface area contributed by atoms with Crippen LogP contribution in [0, 0.1) is 0 Å². The lowest BCUT2D eigenvalue weighted by atomic mass is 9.78. The number of hydrogen-bond acceptors (Lipinski definition) is 4. The average Bonchev–Trinajstić information content (AvgIpc) is 2.35. The van der Waals surface area contributed by atoms with E-state index in [0.717, 1.165) is 11.4 Å². The van der Waals surface area contributed by atoms with Crippen molar-refractivity contribution in [2.45, 2.75) is 0 Å². The van der Waals surface area contributed by atoms with Gasteiger partial charge in [-0.15, -0.1) is 0 Å². The summed E-state index contributed by atoms with van der Waals surface area (Å²) in [5.41, 5.74) is 1.81. The van der Waals surface area contributed by atoms with E-state index >= 15 is 0 Å². The van der Waals surface area contributed by atoms with E-state index in [0.29, 0.717) is 16.9 Å². The first-order valence-corrected chi connectivity index (χ1v) is 5.28. The first-order valence-electron chi connectivity index (χ1n) is 5.28. The molecule has 1 heterocycles. The van der Waals surface area contributed by atoms with E-state index in [1.165, 1.54) is 0 Å². The number of rotatable bonds is 1. The molecule has 84 valence electrons. The summed E-state index contributed by atoms with van der Waals surface area (Å²) in [5, 5.41) is 21.7. The van der Waals surface area contributed by atoms with Crippen LogP contribution in [-0.2, 0) is 0 Å². The number of benzene rings is 2. The van der Waals surface area contributed by atoms with Crippen molar-refractivity contribution in [1.29, 1.82) is 0 Å². The Morgan fingerprint density at radius 3 is 2.53 bits per heavy atom. The summed E-state index contributed by atoms with van der Waals surface area (Å²) >= 11 is 0. The number of hydrogen-bond donors (Lipinski definition) is 3. The minimum Gasteiger partial charge on any atom is -0.453 e. The van der Waals surface area contributed by atoms with Crippen LogP contribution in [0.3, 0.4) is 0 Å². The lowest BCUT2D eigenvalue weighted by Gasteiger charge is -2.23. The lowest BCUT2D eigenvalue weighted by Crippen LogP contribution is -2.32. The maximum absolute atomic E-state index is 9.29. The molecule has 3 N–H and O–H groups in total. The van der Waals surface area contributed by atoms with Crippen molar-refractivity contribution in [2.75, 3.05) is 5.32 Å². The monoisotopic (exact) mass is 227 g/mol. The minimum atomic E-state index is -1.52. The van der Waals surface area contributed by atoms with Gasteiger partial charge in [0.05, 0.1) is 11.4 Å². The fourth-order valence-electron chi connectivity index (χ4n) is 1.89. The molecule has 3 rings (SSSR count). The van der Waals surface area contributed by atoms with Gasteiger partial charge < -0.3 is 20.1 Å². The van der Waals surface area contributed by atoms with Crippen LogP contribution in [0.4, 0.5) is 11.4 Å². The van der Waals surface area contributed by atoms with Crippen LogP contribution >= 0.6 is 0 Å². The van der Waals surface area contributed by atoms with Gasteiger partial charge in [0.15, 0.2) is 11.5 Å². The second-order valence-corrected chi connectivity index (χ2v) is 3.82. The van der Waals surface area contributed by atoms with E-state index in [1.54, 1.807) is 18.2 Å². The van der Waals surface area contributed by atoms with Gasteiger partial charge in [-0.1, -0.05) is 24.3 Å². The lowest BCUT2D eigenvalue weighted by molar-refractivity contribution is 0.425. The first kappa shape index (κ1) is 10.2. The van der Waals surface area contributed by atoms with E-state index in [4.69, 9.17) is 4.74 Å². The van der Waals surface area contributed by atoms with E-state index in [1.807, 2.05) is 24.3 Å². The number of nitrogens with one attached hydrogen (secondary N) is 1. The van der Waals surface area contributed by atoms with E-state index in [9.17, 15) is 10.0 Å². The summed E-state index contributed by atoms with van der Waals surface area (Å²) in [7, 11) is -1.52. The molecule has 0 saturated carbocycles. The van der Waals surface area contributed by atoms with Gasteiger partial charge >= 0.3 is 7.12 Å². The van der Waals surface area contributed by atoms with Gasteiger partial charge in [0.25, 0.3) is 0 Å². The Bertz CT molecular complexity index is 571. The molecule has 0 atom stereocenters. The Labute approximate surface area is 98.6 Å². The Morgan fingerprint density at radius 1 is 0.941 bits per heavy atom. The summed E-state index contributed by atoms with van der Waals surface area (Å²) in [4.78, 5) is 0. The summed E-state index contributed by atoms with van der Waals surface area (Å²) < 4.78 is 5.68. The molecule has 0 aromatic heterocycles. The van der Waals surface area contributed by atoms with Crippen molar-refractivity contribution in [2.24, 2.45) is 0 Å². The summed E-state index contributed by atoms with van der Waals surface area (Å²) in [6.45, 7) is 0. The highest BCUT2D eigenvalue weighted by atomic mass is 16.5. The molecule has 17 heavy (non-hydrogen) atoms. The normalized spacial score (nSPS) is 11.9. The van der Waals surface area contributed by atoms with Crippen molar-refractivity contribution in [3.63, 3.8) is 0 Å². The Hall–Kier alpha value is -1.98. The predicted molar refractivity (Wildman–Crippen MR) is 66.1 cm³/mol. The second kappa shape index (κ2) is 3.80. The highest BCUT2D eigenvalue weighted by molar-refractivity contribution is 6.60. The van der Waals surface area contributed by atoms with Gasteiger partial charge in [-0.05, 0) is 18.2 Å². The molecule has 0 unspecified atom stereocenters. The smallest absolute Gasteiger partial charge is 0.453 e. The summed E-state index contributed by atoms with van der Waals surface area (Å²) in [5.74, 6) is 1.32. The zero-order valence-corrected chi connectivity index (χ0v) is 8.92. The minimum absolute atomic E-state index is 0.400. The van der Waals surface area contributed by atoms with Crippen molar-refractivity contribution < 1.29 is 14.8 Å². The van der Waals surface area contributed by atoms with Crippen LogP contribution in [-0.4, -0.2) is 17.2 Å². The molecule has 0 fully saturated rings. The SMILES string of the molecule is OB(O)c1cccc2c1Nc1ccccc1O2. The fraction of sp³-hybridized carbons (Fsp3) is 0. The molecule has 0 bridgehead atoms. The second-order valence-electron chi connectivity index (χ2n) is 3.82. The molecule has 4 nitrogen and oxygen atoms in total. The number of ether oxygens (including phenoxy) is 1. The highest BCUT2D eigenvalue weighted by Gasteiger charge is 2.23. The van der Waals surface area contributed by atoms with Crippen molar-refractivity contribution >= 4 is 24.0 Å². The highest BCUT2D eigenvalue weighted by Crippen LogP contribution is 2.40. The third-order valence-electron chi connectivity index (χ3n) is 2.70. The number of anilines is 2. The van der Waals surface area contributed by atoms with Gasteiger partial charge in [0, 0.05) is 5.46 Å². The maximum atomic E-state index is 9.29. The Kier molecular flexibility index (Phi) is 2.28. The van der Waals surface area contributed by atoms with Gasteiger partial charge in [0.2, 0.25) is 0 Å². The molecule has 0 saturated heterocycles. The van der Waals surface area contributed by atoms with Gasteiger partial charge in [0.1, 0.15) is 0 Å². The molecule has 1 aliphatic heterocycles. The van der Waals surface area contributed by atoms with Crippen molar-refractivity contribution in [3.05, 3.63) is 42.5 Å².